The Morgan fingerprint density at radius 2 is 1.69 bits per heavy atom. The zero-order chi connectivity index (χ0) is 26.0. The highest BCUT2D eigenvalue weighted by atomic mass is 16.5. The number of carbonyl (C=O) groups excluding carboxylic acids is 3. The fraction of sp³-hybridized carbons (Fsp3) is 0.207. The Labute approximate surface area is 209 Å². The van der Waals surface area contributed by atoms with Crippen molar-refractivity contribution in [2.24, 2.45) is 0 Å². The summed E-state index contributed by atoms with van der Waals surface area (Å²) >= 11 is 0. The van der Waals surface area contributed by atoms with Crippen LogP contribution in [0.4, 0.5) is 5.69 Å². The molecule has 36 heavy (non-hydrogen) atoms. The number of aliphatic hydroxyl groups is 1. The first kappa shape index (κ1) is 24.7. The minimum Gasteiger partial charge on any atom is -0.507 e. The van der Waals surface area contributed by atoms with Crippen LogP contribution in [-0.4, -0.2) is 36.5 Å². The molecule has 1 aliphatic heterocycles. The molecular weight excluding hydrogens is 458 g/mol. The van der Waals surface area contributed by atoms with Gasteiger partial charge in [-0.15, -0.1) is 0 Å². The van der Waals surface area contributed by atoms with E-state index in [-0.39, 0.29) is 23.5 Å². The number of aryl methyl sites for hydroxylation is 2. The molecule has 1 aliphatic rings. The number of amides is 1. The average Bonchev–Trinajstić information content (AvgIpc) is 3.14. The fourth-order valence-electron chi connectivity index (χ4n) is 4.47. The van der Waals surface area contributed by atoms with E-state index in [1.54, 1.807) is 50.4 Å². The van der Waals surface area contributed by atoms with Gasteiger partial charge in [0, 0.05) is 11.3 Å². The van der Waals surface area contributed by atoms with Crippen molar-refractivity contribution in [1.29, 1.82) is 0 Å². The van der Waals surface area contributed by atoms with Crippen LogP contribution in [0, 0.1) is 13.8 Å². The monoisotopic (exact) mass is 485 g/mol. The minimum atomic E-state index is -0.897. The molecule has 0 aromatic heterocycles. The molecule has 1 amide bonds. The summed E-state index contributed by atoms with van der Waals surface area (Å²) in [7, 11) is 1.55. The van der Waals surface area contributed by atoms with Crippen LogP contribution in [0.25, 0.3) is 5.76 Å². The van der Waals surface area contributed by atoms with Gasteiger partial charge in [-0.3, -0.25) is 14.5 Å². The van der Waals surface area contributed by atoms with Crippen LogP contribution in [0.15, 0.2) is 72.3 Å². The number of ketones is 1. The van der Waals surface area contributed by atoms with Gasteiger partial charge in [0.05, 0.1) is 30.9 Å². The maximum absolute atomic E-state index is 13.4. The van der Waals surface area contributed by atoms with Crippen molar-refractivity contribution < 1.29 is 29.0 Å². The molecular formula is C29H27NO6. The minimum absolute atomic E-state index is 0.0274. The number of benzene rings is 3. The summed E-state index contributed by atoms with van der Waals surface area (Å²) < 4.78 is 10.4. The molecule has 1 N–H and O–H groups in total. The largest absolute Gasteiger partial charge is 0.507 e. The number of methoxy groups -OCH3 is 1. The summed E-state index contributed by atoms with van der Waals surface area (Å²) in [6.07, 6.45) is 0. The number of hydrogen-bond acceptors (Lipinski definition) is 6. The number of nitrogens with zero attached hydrogens (tertiary/aromatic N) is 1. The van der Waals surface area contributed by atoms with Gasteiger partial charge in [0.2, 0.25) is 0 Å². The Balaban J connectivity index is 1.93. The maximum Gasteiger partial charge on any atom is 0.338 e. The highest BCUT2D eigenvalue weighted by Gasteiger charge is 2.47. The first-order valence-electron chi connectivity index (χ1n) is 11.6. The molecule has 1 atom stereocenters. The maximum atomic E-state index is 13.4. The second-order valence-corrected chi connectivity index (χ2v) is 8.48. The van der Waals surface area contributed by atoms with Crippen LogP contribution in [0.3, 0.4) is 0 Å². The van der Waals surface area contributed by atoms with E-state index < -0.39 is 23.7 Å². The van der Waals surface area contributed by atoms with E-state index in [9.17, 15) is 19.5 Å². The second-order valence-electron chi connectivity index (χ2n) is 8.48. The molecule has 7 heteroatoms. The van der Waals surface area contributed by atoms with Gasteiger partial charge in [-0.25, -0.2) is 4.79 Å². The SMILES string of the molecule is CCOC(=O)c1cccc(N2C(=O)C(=O)/C(=C(/O)c3ccc(OC)c(C)c3)C2c2ccccc2C)c1. The summed E-state index contributed by atoms with van der Waals surface area (Å²) in [6.45, 7) is 5.62. The zero-order valence-electron chi connectivity index (χ0n) is 20.6. The zero-order valence-corrected chi connectivity index (χ0v) is 20.6. The Bertz CT molecular complexity index is 1390. The first-order valence-corrected chi connectivity index (χ1v) is 11.6. The second kappa shape index (κ2) is 10.1. The smallest absolute Gasteiger partial charge is 0.338 e. The molecule has 3 aromatic carbocycles. The molecule has 0 aliphatic carbocycles. The standard InChI is InChI=1S/C29H27NO6/c1-5-36-29(34)20-10-8-11-21(16-20)30-25(22-12-7-6-9-17(22)2)24(27(32)28(30)33)26(31)19-13-14-23(35-4)18(3)15-19/h6-16,25,31H,5H2,1-4H3/b26-24+. The van der Waals surface area contributed by atoms with Crippen LogP contribution < -0.4 is 9.64 Å². The summed E-state index contributed by atoms with van der Waals surface area (Å²) in [4.78, 5) is 40.5. The van der Waals surface area contributed by atoms with E-state index in [4.69, 9.17) is 9.47 Å². The van der Waals surface area contributed by atoms with Crippen molar-refractivity contribution in [2.45, 2.75) is 26.8 Å². The van der Waals surface area contributed by atoms with Gasteiger partial charge in [0.1, 0.15) is 11.5 Å². The van der Waals surface area contributed by atoms with Crippen molar-refractivity contribution in [3.8, 4) is 5.75 Å². The van der Waals surface area contributed by atoms with E-state index >= 15 is 0 Å². The summed E-state index contributed by atoms with van der Waals surface area (Å²) in [6, 6.07) is 17.9. The predicted molar refractivity (Wildman–Crippen MR) is 136 cm³/mol. The number of aliphatic hydroxyl groups excluding tert-OH is 1. The molecule has 0 bridgehead atoms. The average molecular weight is 486 g/mol. The molecule has 184 valence electrons. The molecule has 0 radical (unpaired) electrons. The molecule has 1 heterocycles. The Kier molecular flexibility index (Phi) is 6.92. The van der Waals surface area contributed by atoms with Crippen molar-refractivity contribution in [2.75, 3.05) is 18.6 Å². The van der Waals surface area contributed by atoms with Gasteiger partial charge in [-0.05, 0) is 73.9 Å². The molecule has 1 saturated heterocycles. The number of ether oxygens (including phenoxy) is 2. The number of anilines is 1. The third kappa shape index (κ3) is 4.35. The first-order chi connectivity index (χ1) is 17.3. The summed E-state index contributed by atoms with van der Waals surface area (Å²) in [5.74, 6) is -1.78. The van der Waals surface area contributed by atoms with E-state index in [0.717, 1.165) is 11.1 Å². The molecule has 3 aromatic rings. The number of hydrogen-bond donors (Lipinski definition) is 1. The van der Waals surface area contributed by atoms with Crippen LogP contribution in [-0.2, 0) is 14.3 Å². The van der Waals surface area contributed by atoms with Crippen LogP contribution in [0.5, 0.6) is 5.75 Å². The van der Waals surface area contributed by atoms with E-state index in [1.165, 1.54) is 11.0 Å². The molecule has 4 rings (SSSR count). The van der Waals surface area contributed by atoms with Gasteiger partial charge >= 0.3 is 5.97 Å². The van der Waals surface area contributed by atoms with Gasteiger partial charge in [-0.1, -0.05) is 30.3 Å². The lowest BCUT2D eigenvalue weighted by Crippen LogP contribution is -2.30. The molecule has 0 spiro atoms. The summed E-state index contributed by atoms with van der Waals surface area (Å²) in [5.41, 5.74) is 3.26. The molecule has 1 unspecified atom stereocenters. The highest BCUT2D eigenvalue weighted by molar-refractivity contribution is 6.51. The van der Waals surface area contributed by atoms with Crippen molar-refractivity contribution >= 4 is 29.1 Å². The topological polar surface area (TPSA) is 93.1 Å². The fourth-order valence-corrected chi connectivity index (χ4v) is 4.47. The third-order valence-corrected chi connectivity index (χ3v) is 6.23. The normalized spacial score (nSPS) is 16.8. The Morgan fingerprint density at radius 3 is 2.36 bits per heavy atom. The van der Waals surface area contributed by atoms with Crippen LogP contribution in [0.2, 0.25) is 0 Å². The van der Waals surface area contributed by atoms with Gasteiger partial charge in [0.15, 0.2) is 0 Å². The lowest BCUT2D eigenvalue weighted by atomic mass is 9.92. The van der Waals surface area contributed by atoms with E-state index in [1.807, 2.05) is 38.1 Å². The summed E-state index contributed by atoms with van der Waals surface area (Å²) in [5, 5.41) is 11.4. The quantitative estimate of drug-likeness (QED) is 0.226. The lowest BCUT2D eigenvalue weighted by molar-refractivity contribution is -0.132. The lowest BCUT2D eigenvalue weighted by Gasteiger charge is -2.27. The number of rotatable bonds is 6. The predicted octanol–water partition coefficient (Wildman–Crippen LogP) is 5.12. The molecule has 0 saturated carbocycles. The van der Waals surface area contributed by atoms with E-state index in [2.05, 4.69) is 0 Å². The molecule has 1 fully saturated rings. The van der Waals surface area contributed by atoms with E-state index in [0.29, 0.717) is 22.6 Å². The third-order valence-electron chi connectivity index (χ3n) is 6.23. The van der Waals surface area contributed by atoms with Crippen molar-refractivity contribution in [3.63, 3.8) is 0 Å². The number of carbonyl (C=O) groups is 3. The van der Waals surface area contributed by atoms with Gasteiger partial charge in [0.25, 0.3) is 11.7 Å². The van der Waals surface area contributed by atoms with Crippen molar-refractivity contribution in [3.05, 3.63) is 100 Å². The van der Waals surface area contributed by atoms with Gasteiger partial charge < -0.3 is 14.6 Å². The molecule has 7 nitrogen and oxygen atoms in total. The number of esters is 1. The highest BCUT2D eigenvalue weighted by Crippen LogP contribution is 2.43. The van der Waals surface area contributed by atoms with Crippen molar-refractivity contribution in [1.82, 2.24) is 0 Å². The number of Topliss-reactive ketones (excluding diaryl/α,β-unsaturated/α-hetero) is 1. The van der Waals surface area contributed by atoms with Crippen LogP contribution >= 0.6 is 0 Å². The van der Waals surface area contributed by atoms with Crippen LogP contribution in [0.1, 0.15) is 45.6 Å². The Hall–Kier alpha value is -4.39. The van der Waals surface area contributed by atoms with Gasteiger partial charge in [-0.2, -0.15) is 0 Å². The Morgan fingerprint density at radius 1 is 0.944 bits per heavy atom.